The van der Waals surface area contributed by atoms with Crippen LogP contribution in [0.5, 0.6) is 23.0 Å². The Morgan fingerprint density at radius 3 is 2.24 bits per heavy atom. The molecule has 6 N–H and O–H groups in total. The topological polar surface area (TPSA) is 220 Å². The van der Waals surface area contributed by atoms with E-state index in [1.165, 1.54) is 59.4 Å². The van der Waals surface area contributed by atoms with Crippen LogP contribution in [-0.4, -0.2) is 129 Å². The van der Waals surface area contributed by atoms with E-state index in [9.17, 15) is 39.9 Å². The Balaban J connectivity index is 1.68. The van der Waals surface area contributed by atoms with Crippen LogP contribution < -0.4 is 10.1 Å². The number of phenolic OH excluding ortho intramolecular Hbond substituents is 3. The summed E-state index contributed by atoms with van der Waals surface area (Å²) in [7, 11) is 1.44. The molecule has 4 aliphatic rings. The highest BCUT2D eigenvalue weighted by atomic mass is 16.7. The van der Waals surface area contributed by atoms with Gasteiger partial charge in [0, 0.05) is 93.9 Å². The summed E-state index contributed by atoms with van der Waals surface area (Å²) in [6.07, 6.45) is 4.90. The highest BCUT2D eigenvalue weighted by Crippen LogP contribution is 2.55. The zero-order valence-electron chi connectivity index (χ0n) is 37.6. The minimum atomic E-state index is -2.05. The summed E-state index contributed by atoms with van der Waals surface area (Å²) in [4.78, 5) is 43.0. The number of hydrogen-bond donors (Lipinski definition) is 6. The van der Waals surface area contributed by atoms with E-state index < -0.39 is 88.8 Å². The van der Waals surface area contributed by atoms with Crippen LogP contribution >= 0.6 is 0 Å². The highest BCUT2D eigenvalue weighted by Gasteiger charge is 2.50. The number of anilines is 1. The minimum absolute atomic E-state index is 0.0576. The third kappa shape index (κ3) is 9.73. The number of amides is 1. The first kappa shape index (κ1) is 47.9. The number of aliphatic hydroxyl groups excluding tert-OH is 2. The smallest absolute Gasteiger partial charge is 0.312 e. The molecule has 6 rings (SSSR count). The summed E-state index contributed by atoms with van der Waals surface area (Å²) >= 11 is 0. The number of phenols is 3. The van der Waals surface area contributed by atoms with E-state index in [1.807, 2.05) is 0 Å². The maximum atomic E-state index is 14.5. The Kier molecular flexibility index (Phi) is 15.0. The molecular weight excluding hydrogens is 801 g/mol. The Labute approximate surface area is 363 Å². The summed E-state index contributed by atoms with van der Waals surface area (Å²) in [5, 5.41) is 67.3. The Bertz CT molecular complexity index is 2140. The number of hydrogen-bond acceptors (Lipinski definition) is 15. The molecule has 9 atom stereocenters. The standard InChI is InChI=1S/C46H64N4O12/c1-23(2)22-49-16-18-50(19-17-49)47-21-31-36-41(56)34-33(40(31)55)35-43(29(8)39(34)54)62-46(10,44(35)57)60-20-15-32(59-11)26(5)42(61-30(9)51)28(7)38(53)27(6)37(52)24(3)13-12-14-25(4)45(58)48-36/h12-15,20-21,23-24,26-28,32,37-38,42,52-56H,16-19,22H2,1-11H3,(H,48,58)/b13-12-,20-15-,25-14-,47-21?/t24-,26+,27-,28-,32+,37-,38-,42+,46-/m0/s1. The van der Waals surface area contributed by atoms with Crippen molar-refractivity contribution in [1.29, 1.82) is 0 Å². The van der Waals surface area contributed by atoms with Gasteiger partial charge in [0.1, 0.15) is 23.4 Å². The predicted molar refractivity (Wildman–Crippen MR) is 234 cm³/mol. The van der Waals surface area contributed by atoms with Crippen LogP contribution in [0.15, 0.2) is 41.2 Å². The van der Waals surface area contributed by atoms with Crippen LogP contribution in [0.2, 0.25) is 0 Å². The monoisotopic (exact) mass is 864 g/mol. The van der Waals surface area contributed by atoms with Crippen molar-refractivity contribution >= 4 is 40.3 Å². The van der Waals surface area contributed by atoms with Crippen molar-refractivity contribution in [2.45, 2.75) is 99.4 Å². The molecule has 16 nitrogen and oxygen atoms in total. The zero-order valence-corrected chi connectivity index (χ0v) is 37.6. The van der Waals surface area contributed by atoms with Crippen molar-refractivity contribution in [1.82, 2.24) is 9.91 Å². The molecule has 0 spiro atoms. The Morgan fingerprint density at radius 2 is 1.63 bits per heavy atom. The van der Waals surface area contributed by atoms with Crippen LogP contribution in [-0.2, 0) is 23.8 Å². The molecule has 0 aliphatic carbocycles. The number of carbonyl (C=O) groups excluding carboxylic acids is 3. The van der Waals surface area contributed by atoms with E-state index in [2.05, 4.69) is 29.2 Å². The van der Waals surface area contributed by atoms with Gasteiger partial charge in [0.25, 0.3) is 11.7 Å². The number of ether oxygens (including phenoxy) is 4. The van der Waals surface area contributed by atoms with Gasteiger partial charge >= 0.3 is 11.8 Å². The Morgan fingerprint density at radius 1 is 0.968 bits per heavy atom. The number of fused-ring (bicyclic) bond motifs is 14. The van der Waals surface area contributed by atoms with Crippen molar-refractivity contribution in [3.05, 3.63) is 52.8 Å². The molecule has 1 amide bonds. The number of allylic oxidation sites excluding steroid dienone is 2. The summed E-state index contributed by atoms with van der Waals surface area (Å²) in [5.41, 5.74) is -0.335. The van der Waals surface area contributed by atoms with E-state index in [0.29, 0.717) is 19.0 Å². The number of piperazine rings is 1. The van der Waals surface area contributed by atoms with Crippen LogP contribution in [0.1, 0.15) is 83.8 Å². The van der Waals surface area contributed by atoms with Gasteiger partial charge in [-0.3, -0.25) is 24.3 Å². The lowest BCUT2D eigenvalue weighted by atomic mass is 9.78. The molecule has 0 unspecified atom stereocenters. The van der Waals surface area contributed by atoms with E-state index in [4.69, 9.17) is 18.9 Å². The third-order valence-electron chi connectivity index (χ3n) is 12.4. The fourth-order valence-electron chi connectivity index (χ4n) is 8.56. The van der Waals surface area contributed by atoms with Crippen LogP contribution in [0.25, 0.3) is 10.8 Å². The van der Waals surface area contributed by atoms with Gasteiger partial charge in [-0.05, 0) is 25.8 Å². The average molecular weight is 865 g/mol. The number of methoxy groups -OCH3 is 1. The first-order chi connectivity index (χ1) is 29.1. The fourth-order valence-corrected chi connectivity index (χ4v) is 8.56. The van der Waals surface area contributed by atoms with Crippen molar-refractivity contribution in [2.75, 3.05) is 45.2 Å². The van der Waals surface area contributed by atoms with E-state index in [0.717, 1.165) is 19.6 Å². The highest BCUT2D eigenvalue weighted by molar-refractivity contribution is 6.23. The van der Waals surface area contributed by atoms with Gasteiger partial charge in [-0.2, -0.15) is 5.10 Å². The molecule has 0 radical (unpaired) electrons. The van der Waals surface area contributed by atoms with E-state index in [-0.39, 0.29) is 44.5 Å². The molecule has 4 heterocycles. The van der Waals surface area contributed by atoms with Gasteiger partial charge in [-0.25, -0.2) is 0 Å². The number of nitrogens with zero attached hydrogens (tertiary/aromatic N) is 3. The lowest BCUT2D eigenvalue weighted by Crippen LogP contribution is -2.46. The summed E-state index contributed by atoms with van der Waals surface area (Å²) in [6, 6.07) is 0. The molecule has 0 aromatic heterocycles. The van der Waals surface area contributed by atoms with Gasteiger partial charge in [0.2, 0.25) is 0 Å². The van der Waals surface area contributed by atoms with Crippen molar-refractivity contribution in [2.24, 2.45) is 34.7 Å². The van der Waals surface area contributed by atoms with E-state index >= 15 is 0 Å². The van der Waals surface area contributed by atoms with Gasteiger partial charge in [0.15, 0.2) is 5.75 Å². The van der Waals surface area contributed by atoms with Crippen LogP contribution in [0.4, 0.5) is 5.69 Å². The lowest BCUT2D eigenvalue weighted by Gasteiger charge is -2.38. The molecular formula is C46H64N4O12. The minimum Gasteiger partial charge on any atom is -0.507 e. The van der Waals surface area contributed by atoms with Crippen molar-refractivity contribution in [3.63, 3.8) is 0 Å². The largest absolute Gasteiger partial charge is 0.507 e. The molecule has 62 heavy (non-hydrogen) atoms. The molecule has 340 valence electrons. The summed E-state index contributed by atoms with van der Waals surface area (Å²) in [5.74, 6) is -7.85. The molecule has 4 aliphatic heterocycles. The normalized spacial score (nSPS) is 31.2. The van der Waals surface area contributed by atoms with Crippen molar-refractivity contribution in [3.8, 4) is 23.0 Å². The van der Waals surface area contributed by atoms with Gasteiger partial charge in [-0.1, -0.05) is 59.8 Å². The van der Waals surface area contributed by atoms with Gasteiger partial charge in [-0.15, -0.1) is 0 Å². The second-order valence-electron chi connectivity index (χ2n) is 17.5. The second-order valence-corrected chi connectivity index (χ2v) is 17.5. The number of hydrazone groups is 1. The van der Waals surface area contributed by atoms with Gasteiger partial charge in [0.05, 0.1) is 53.0 Å². The second kappa shape index (κ2) is 19.5. The summed E-state index contributed by atoms with van der Waals surface area (Å²) in [6.45, 7) is 20.4. The molecule has 0 saturated carbocycles. The fraction of sp³-hybridized carbons (Fsp3) is 0.565. The quantitative estimate of drug-likeness (QED) is 0.0933. The number of aliphatic hydroxyl groups is 2. The maximum Gasteiger partial charge on any atom is 0.312 e. The molecule has 2 aromatic carbocycles. The number of esters is 1. The number of Topliss-reactive ketones (excluding diaryl/α,β-unsaturated/α-hetero) is 1. The lowest BCUT2D eigenvalue weighted by molar-refractivity contribution is -0.160. The number of nitrogens with one attached hydrogen (secondary N) is 1. The number of aromatic hydroxyl groups is 3. The molecule has 16 heteroatoms. The number of benzene rings is 2. The van der Waals surface area contributed by atoms with Crippen LogP contribution in [0, 0.1) is 36.5 Å². The Hall–Kier alpha value is -5.16. The summed E-state index contributed by atoms with van der Waals surface area (Å²) < 4.78 is 23.7. The average Bonchev–Trinajstić information content (AvgIpc) is 3.49. The third-order valence-corrected chi connectivity index (χ3v) is 12.4. The number of rotatable bonds is 6. The first-order valence-corrected chi connectivity index (χ1v) is 21.2. The molecule has 2 aromatic rings. The maximum absolute atomic E-state index is 14.5. The molecule has 5 bridgehead atoms. The van der Waals surface area contributed by atoms with Crippen molar-refractivity contribution < 1.29 is 58.9 Å². The predicted octanol–water partition coefficient (Wildman–Crippen LogP) is 5.36. The number of ketones is 1. The zero-order chi connectivity index (χ0) is 46.0. The SMILES string of the molecule is CO[C@@H]1/C=C\O[C@@]2(C)Oc3c(C)c(O)c4c(O)c(c(C=NN5CCN(CC(C)C)CC5)c(O)c4c3C2=O)NC(=O)/C(C)=C\C=C/[C@H](C)[C@H](O)[C@H](C)[C@H](O)[C@H](C)[C@H](OC(C)=O)[C@@H]1C. The molecule has 1 saturated heterocycles. The van der Waals surface area contributed by atoms with Gasteiger partial charge < -0.3 is 49.8 Å². The van der Waals surface area contributed by atoms with Crippen LogP contribution in [0.3, 0.4) is 0 Å². The molecule has 1 fully saturated rings. The number of carbonyl (C=O) groups is 3. The van der Waals surface area contributed by atoms with E-state index in [1.54, 1.807) is 44.9 Å². The first-order valence-electron chi connectivity index (χ1n) is 21.2.